The second kappa shape index (κ2) is 14.5. The summed E-state index contributed by atoms with van der Waals surface area (Å²) in [5.41, 5.74) is 9.66. The molecule has 0 amide bonds. The SMILES string of the molecule is Cc1cccc2nc(-c3ccccc3)n(-c3ccc(C4=c5ccccc5=C(S(c5ccccc5)(c5ccccc5)c5ccccc5)C5=CC=CCC54)c4ccccc34)c12. The third kappa shape index (κ3) is 5.53. The molecule has 0 spiro atoms. The number of nitrogens with zero attached hydrogens (tertiary/aromatic N) is 2. The first-order valence-corrected chi connectivity index (χ1v) is 22.1. The Morgan fingerprint density at radius 1 is 0.542 bits per heavy atom. The van der Waals surface area contributed by atoms with Gasteiger partial charge in [0.15, 0.2) is 0 Å². The number of hydrogen-bond acceptors (Lipinski definition) is 1. The van der Waals surface area contributed by atoms with Crippen LogP contribution in [0.3, 0.4) is 0 Å². The van der Waals surface area contributed by atoms with Gasteiger partial charge in [0.1, 0.15) is 5.82 Å². The summed E-state index contributed by atoms with van der Waals surface area (Å²) < 4.78 is 2.39. The van der Waals surface area contributed by atoms with Crippen molar-refractivity contribution < 1.29 is 0 Å². The Kier molecular flexibility index (Phi) is 8.64. The van der Waals surface area contributed by atoms with Gasteiger partial charge in [0.25, 0.3) is 0 Å². The Morgan fingerprint density at radius 3 is 1.78 bits per heavy atom. The molecular weight excluding hydrogens is 733 g/mol. The maximum Gasteiger partial charge on any atom is 0.145 e. The Morgan fingerprint density at radius 2 is 1.12 bits per heavy atom. The zero-order valence-corrected chi connectivity index (χ0v) is 33.7. The van der Waals surface area contributed by atoms with E-state index >= 15 is 0 Å². The van der Waals surface area contributed by atoms with Crippen molar-refractivity contribution in [3.05, 3.63) is 246 Å². The molecule has 1 unspecified atom stereocenters. The van der Waals surface area contributed by atoms with Gasteiger partial charge < -0.3 is 0 Å². The molecule has 11 rings (SSSR count). The van der Waals surface area contributed by atoms with Crippen LogP contribution in [0.5, 0.6) is 0 Å². The van der Waals surface area contributed by atoms with Crippen molar-refractivity contribution in [2.45, 2.75) is 28.0 Å². The van der Waals surface area contributed by atoms with E-state index in [1.807, 2.05) is 0 Å². The van der Waals surface area contributed by atoms with Gasteiger partial charge in [-0.2, -0.15) is 0 Å². The number of allylic oxidation sites excluding steroid dienone is 3. The molecule has 0 saturated carbocycles. The number of aryl methyl sites for hydroxylation is 1. The van der Waals surface area contributed by atoms with Gasteiger partial charge in [0, 0.05) is 36.5 Å². The van der Waals surface area contributed by atoms with Gasteiger partial charge in [-0.05, 0) is 100.0 Å². The number of rotatable bonds is 7. The van der Waals surface area contributed by atoms with Gasteiger partial charge in [0.2, 0.25) is 0 Å². The molecule has 2 nitrogen and oxygen atoms in total. The van der Waals surface area contributed by atoms with E-state index in [1.54, 1.807) is 0 Å². The highest BCUT2D eigenvalue weighted by Gasteiger charge is 2.42. The quantitative estimate of drug-likeness (QED) is 0.158. The van der Waals surface area contributed by atoms with Crippen molar-refractivity contribution in [2.24, 2.45) is 5.92 Å². The molecule has 1 aromatic heterocycles. The van der Waals surface area contributed by atoms with Crippen molar-refractivity contribution in [3.8, 4) is 17.1 Å². The van der Waals surface area contributed by atoms with Crippen LogP contribution in [-0.4, -0.2) is 9.55 Å². The third-order valence-electron chi connectivity index (χ3n) is 12.2. The first-order chi connectivity index (χ1) is 29.2. The van der Waals surface area contributed by atoms with Crippen LogP contribution in [0.4, 0.5) is 0 Å². The summed E-state index contributed by atoms with van der Waals surface area (Å²) in [7, 11) is -1.97. The van der Waals surface area contributed by atoms with E-state index in [0.29, 0.717) is 0 Å². The van der Waals surface area contributed by atoms with Crippen molar-refractivity contribution >= 4 is 42.3 Å². The molecule has 0 saturated heterocycles. The van der Waals surface area contributed by atoms with Crippen LogP contribution < -0.4 is 10.4 Å². The summed E-state index contributed by atoms with van der Waals surface area (Å²) in [6.45, 7) is 2.20. The standard InChI is InChI=1S/C56H42N2S/c1-39-21-20-36-51-54(39)58(56(57-51)40-22-6-2-7-23-40)52-38-37-48(44-30-14-15-31-45(44)52)53-46-32-16-18-34-49(46)55(50-35-19-17-33-47(50)53)59(41-24-8-3-9-25-41,42-26-10-4-11-27-42)43-28-12-5-13-29-43/h2-32,34-38,47H,33H2,1H3. The van der Waals surface area contributed by atoms with E-state index in [2.05, 4.69) is 230 Å². The van der Waals surface area contributed by atoms with Gasteiger partial charge in [-0.25, -0.2) is 4.98 Å². The highest BCUT2D eigenvalue weighted by molar-refractivity contribution is 8.41. The topological polar surface area (TPSA) is 17.8 Å². The number of aromatic nitrogens is 2. The average Bonchev–Trinajstić information content (AvgIpc) is 3.71. The summed E-state index contributed by atoms with van der Waals surface area (Å²) in [6.07, 6.45) is 8.01. The first kappa shape index (κ1) is 35.2. The molecule has 0 N–H and O–H groups in total. The van der Waals surface area contributed by atoms with Gasteiger partial charge in [-0.15, -0.1) is 10.0 Å². The number of hydrogen-bond donors (Lipinski definition) is 0. The molecule has 1 heterocycles. The van der Waals surface area contributed by atoms with Gasteiger partial charge in [0.05, 0.1) is 16.7 Å². The lowest BCUT2D eigenvalue weighted by atomic mass is 9.76. The normalized spacial score (nSPS) is 15.2. The molecule has 2 aliphatic rings. The summed E-state index contributed by atoms with van der Waals surface area (Å²) >= 11 is 0. The average molecular weight is 775 g/mol. The largest absolute Gasteiger partial charge is 0.291 e. The number of benzene rings is 8. The Balaban J connectivity index is 1.27. The van der Waals surface area contributed by atoms with Crippen LogP contribution in [0.25, 0.3) is 49.4 Å². The van der Waals surface area contributed by atoms with Crippen molar-refractivity contribution in [2.75, 3.05) is 0 Å². The molecule has 282 valence electrons. The minimum atomic E-state index is -1.97. The lowest BCUT2D eigenvalue weighted by molar-refractivity contribution is 0.802. The van der Waals surface area contributed by atoms with Crippen LogP contribution in [0.2, 0.25) is 0 Å². The van der Waals surface area contributed by atoms with E-state index in [1.165, 1.54) is 63.1 Å². The molecule has 59 heavy (non-hydrogen) atoms. The first-order valence-electron chi connectivity index (χ1n) is 20.5. The van der Waals surface area contributed by atoms with Crippen LogP contribution in [0.1, 0.15) is 17.5 Å². The molecule has 0 aliphatic heterocycles. The van der Waals surface area contributed by atoms with Gasteiger partial charge in [-0.3, -0.25) is 4.57 Å². The lowest BCUT2D eigenvalue weighted by Gasteiger charge is -2.47. The van der Waals surface area contributed by atoms with Crippen LogP contribution in [0.15, 0.2) is 239 Å². The Hall–Kier alpha value is -6.94. The van der Waals surface area contributed by atoms with Gasteiger partial charge >= 0.3 is 0 Å². The monoisotopic (exact) mass is 774 g/mol. The van der Waals surface area contributed by atoms with Crippen LogP contribution in [-0.2, 0) is 0 Å². The van der Waals surface area contributed by atoms with Crippen molar-refractivity contribution in [3.63, 3.8) is 0 Å². The number of fused-ring (bicyclic) bond motifs is 4. The highest BCUT2D eigenvalue weighted by Crippen LogP contribution is 2.76. The fourth-order valence-electron chi connectivity index (χ4n) is 9.73. The van der Waals surface area contributed by atoms with E-state index in [9.17, 15) is 0 Å². The summed E-state index contributed by atoms with van der Waals surface area (Å²) in [5.74, 6) is 1.10. The van der Waals surface area contributed by atoms with E-state index in [4.69, 9.17) is 4.98 Å². The molecular formula is C56H42N2S. The van der Waals surface area contributed by atoms with E-state index < -0.39 is 10.0 Å². The molecule has 8 aromatic carbocycles. The van der Waals surface area contributed by atoms with Crippen molar-refractivity contribution in [1.82, 2.24) is 9.55 Å². The Labute approximate surface area is 346 Å². The van der Waals surface area contributed by atoms with E-state index in [-0.39, 0.29) is 5.92 Å². The van der Waals surface area contributed by atoms with Crippen molar-refractivity contribution in [1.29, 1.82) is 0 Å². The smallest absolute Gasteiger partial charge is 0.145 e. The maximum atomic E-state index is 5.27. The zero-order valence-electron chi connectivity index (χ0n) is 32.9. The predicted molar refractivity (Wildman–Crippen MR) is 247 cm³/mol. The fraction of sp³-hybridized carbons (Fsp3) is 0.0536. The predicted octanol–water partition coefficient (Wildman–Crippen LogP) is 13.0. The molecule has 1 atom stereocenters. The second-order valence-corrected chi connectivity index (χ2v) is 18.5. The zero-order chi connectivity index (χ0) is 39.3. The van der Waals surface area contributed by atoms with Crippen LogP contribution >= 0.6 is 10.0 Å². The Bertz CT molecular complexity index is 3140. The fourth-order valence-corrected chi connectivity index (χ4v) is 14.0. The minimum absolute atomic E-state index is 0.151. The van der Waals surface area contributed by atoms with E-state index in [0.717, 1.165) is 34.5 Å². The maximum absolute atomic E-state index is 5.27. The second-order valence-electron chi connectivity index (χ2n) is 15.4. The van der Waals surface area contributed by atoms with Gasteiger partial charge in [-0.1, -0.05) is 170 Å². The highest BCUT2D eigenvalue weighted by atomic mass is 32.3. The van der Waals surface area contributed by atoms with Crippen LogP contribution in [0, 0.1) is 12.8 Å². The molecule has 0 radical (unpaired) electrons. The number of imidazole rings is 1. The number of para-hydroxylation sites is 1. The molecule has 0 bridgehead atoms. The molecule has 9 aromatic rings. The lowest BCUT2D eigenvalue weighted by Crippen LogP contribution is -2.39. The minimum Gasteiger partial charge on any atom is -0.291 e. The molecule has 2 aliphatic carbocycles. The summed E-state index contributed by atoms with van der Waals surface area (Å²) in [6, 6.07) is 73.9. The summed E-state index contributed by atoms with van der Waals surface area (Å²) in [4.78, 5) is 10.7. The third-order valence-corrected chi connectivity index (χ3v) is 16.2. The molecule has 3 heteroatoms. The summed E-state index contributed by atoms with van der Waals surface area (Å²) in [5, 5.41) is 5.07. The molecule has 0 fully saturated rings.